The van der Waals surface area contributed by atoms with E-state index >= 15 is 0 Å². The summed E-state index contributed by atoms with van der Waals surface area (Å²) in [5, 5.41) is 9.15. The molecule has 2 aliphatic heterocycles. The predicted molar refractivity (Wildman–Crippen MR) is 139 cm³/mol. The molecule has 0 aromatic heterocycles. The molecule has 1 aromatic carbocycles. The summed E-state index contributed by atoms with van der Waals surface area (Å²) in [7, 11) is 0. The summed E-state index contributed by atoms with van der Waals surface area (Å²) in [5.74, 6) is -2.24. The maximum absolute atomic E-state index is 13.5. The minimum absolute atomic E-state index is 0.0412. The van der Waals surface area contributed by atoms with E-state index in [4.69, 9.17) is 17.5 Å². The van der Waals surface area contributed by atoms with Gasteiger partial charge in [-0.05, 0) is 63.7 Å². The number of alkyl halides is 6. The fraction of sp³-hybridized carbons (Fsp3) is 0.615. The number of piperazine rings is 1. The molecule has 1 aromatic rings. The van der Waals surface area contributed by atoms with Gasteiger partial charge in [0.1, 0.15) is 5.54 Å². The van der Waals surface area contributed by atoms with Crippen LogP contribution in [0.4, 0.5) is 32.0 Å². The monoisotopic (exact) mass is 591 g/mol. The number of carbonyl (C=O) groups is 2. The molecule has 0 aliphatic carbocycles. The summed E-state index contributed by atoms with van der Waals surface area (Å²) in [6, 6.07) is 4.62. The lowest BCUT2D eigenvalue weighted by atomic mass is 10.0. The summed E-state index contributed by atoms with van der Waals surface area (Å²) in [4.78, 5) is 30.2. The number of rotatable bonds is 9. The third-order valence-electron chi connectivity index (χ3n) is 7.27. The van der Waals surface area contributed by atoms with Crippen LogP contribution in [0.25, 0.3) is 0 Å². The summed E-state index contributed by atoms with van der Waals surface area (Å²) >= 11 is 5.50. The van der Waals surface area contributed by atoms with Gasteiger partial charge >= 0.3 is 18.3 Å². The van der Waals surface area contributed by atoms with E-state index in [1.807, 2.05) is 4.90 Å². The highest BCUT2D eigenvalue weighted by molar-refractivity contribution is 7.80. The number of benzene rings is 1. The largest absolute Gasteiger partial charge is 0.471 e. The molecule has 2 saturated heterocycles. The molecule has 0 bridgehead atoms. The first kappa shape index (κ1) is 31.6. The fourth-order valence-electron chi connectivity index (χ4n) is 4.93. The number of halogens is 6. The number of hydrogen-bond acceptors (Lipinski definition) is 5. The minimum Gasteiger partial charge on any atom is -0.334 e. The van der Waals surface area contributed by atoms with E-state index < -0.39 is 40.8 Å². The van der Waals surface area contributed by atoms with Gasteiger partial charge in [0.25, 0.3) is 5.91 Å². The third-order valence-corrected chi connectivity index (χ3v) is 7.67. The summed E-state index contributed by atoms with van der Waals surface area (Å²) in [6.45, 7) is 5.40. The first-order chi connectivity index (χ1) is 18.6. The van der Waals surface area contributed by atoms with Crippen LogP contribution in [0.1, 0.15) is 57.1 Å². The lowest BCUT2D eigenvalue weighted by Crippen LogP contribution is -2.52. The lowest BCUT2D eigenvalue weighted by molar-refractivity contribution is -0.187. The van der Waals surface area contributed by atoms with Gasteiger partial charge in [-0.15, -0.1) is 0 Å². The van der Waals surface area contributed by atoms with Gasteiger partial charge < -0.3 is 9.80 Å². The van der Waals surface area contributed by atoms with Crippen LogP contribution < -0.4 is 4.90 Å². The molecular weight excluding hydrogens is 560 g/mol. The Bertz CT molecular complexity index is 1160. The van der Waals surface area contributed by atoms with Crippen LogP contribution in [-0.2, 0) is 15.8 Å². The molecule has 2 amide bonds. The molecule has 0 atom stereocenters. The van der Waals surface area contributed by atoms with Gasteiger partial charge in [-0.25, -0.2) is 0 Å². The molecule has 0 N–H and O–H groups in total. The number of hydrogen-bond donors (Lipinski definition) is 0. The second-order valence-electron chi connectivity index (χ2n) is 10.4. The first-order valence-corrected chi connectivity index (χ1v) is 13.4. The quantitative estimate of drug-likeness (QED) is 0.230. The van der Waals surface area contributed by atoms with Gasteiger partial charge in [-0.3, -0.25) is 19.4 Å². The maximum atomic E-state index is 13.5. The van der Waals surface area contributed by atoms with E-state index in [9.17, 15) is 35.9 Å². The van der Waals surface area contributed by atoms with Crippen molar-refractivity contribution in [2.75, 3.05) is 44.2 Å². The number of nitriles is 1. The minimum atomic E-state index is -4.85. The normalized spacial score (nSPS) is 18.4. The van der Waals surface area contributed by atoms with Crippen molar-refractivity contribution in [2.45, 2.75) is 63.8 Å². The Morgan fingerprint density at radius 1 is 0.975 bits per heavy atom. The number of thiocarbonyl (C=S) groups is 1. The Labute approximate surface area is 234 Å². The number of carbonyl (C=O) groups excluding carboxylic acids is 2. The number of anilines is 1. The SMILES string of the molecule is CC1(C)C(=O)N(c2ccc(C#N)c(C(F)(F)F)c2)C(=S)N1CCCCCCCN1CCN(C(=O)C(F)(F)F)CC1. The molecule has 0 radical (unpaired) electrons. The standard InChI is InChI=1S/C26H31F6N5O2S/c1-24(2)21(38)37(19-9-8-18(17-33)20(16-19)25(27,28)29)23(40)36(24)11-7-5-3-4-6-10-34-12-14-35(15-13-34)22(39)26(30,31)32/h8-9,16H,3-7,10-15H2,1-2H3. The topological polar surface area (TPSA) is 70.9 Å². The van der Waals surface area contributed by atoms with Gasteiger partial charge in [0.05, 0.1) is 22.9 Å². The average Bonchev–Trinajstić information content (AvgIpc) is 3.05. The highest BCUT2D eigenvalue weighted by atomic mass is 32.1. The second-order valence-corrected chi connectivity index (χ2v) is 10.7. The predicted octanol–water partition coefficient (Wildman–Crippen LogP) is 4.95. The van der Waals surface area contributed by atoms with E-state index in [0.717, 1.165) is 54.2 Å². The molecule has 2 heterocycles. The first-order valence-electron chi connectivity index (χ1n) is 12.9. The highest BCUT2D eigenvalue weighted by Crippen LogP contribution is 2.38. The number of amides is 2. The van der Waals surface area contributed by atoms with Gasteiger partial charge in [0.15, 0.2) is 5.11 Å². The third kappa shape index (κ3) is 7.04. The Balaban J connectivity index is 1.45. The average molecular weight is 592 g/mol. The smallest absolute Gasteiger partial charge is 0.334 e. The van der Waals surface area contributed by atoms with E-state index in [0.29, 0.717) is 26.1 Å². The molecule has 0 spiro atoms. The van der Waals surface area contributed by atoms with Crippen molar-refractivity contribution >= 4 is 34.8 Å². The molecule has 7 nitrogen and oxygen atoms in total. The van der Waals surface area contributed by atoms with Gasteiger partial charge in [0, 0.05) is 32.7 Å². The van der Waals surface area contributed by atoms with E-state index in [-0.39, 0.29) is 23.9 Å². The molecular formula is C26H31F6N5O2S. The maximum Gasteiger partial charge on any atom is 0.471 e. The van der Waals surface area contributed by atoms with E-state index in [1.165, 1.54) is 12.1 Å². The van der Waals surface area contributed by atoms with Crippen LogP contribution in [0.2, 0.25) is 0 Å². The van der Waals surface area contributed by atoms with Crippen LogP contribution in [0.15, 0.2) is 18.2 Å². The fourth-order valence-corrected chi connectivity index (χ4v) is 5.44. The van der Waals surface area contributed by atoms with Crippen molar-refractivity contribution in [3.8, 4) is 6.07 Å². The number of nitrogens with zero attached hydrogens (tertiary/aromatic N) is 5. The lowest BCUT2D eigenvalue weighted by Gasteiger charge is -2.34. The van der Waals surface area contributed by atoms with E-state index in [2.05, 4.69) is 0 Å². The molecule has 3 rings (SSSR count). The summed E-state index contributed by atoms with van der Waals surface area (Å²) in [5.41, 5.74) is -2.76. The molecule has 220 valence electrons. The molecule has 40 heavy (non-hydrogen) atoms. The van der Waals surface area contributed by atoms with Crippen LogP contribution in [0.5, 0.6) is 0 Å². The van der Waals surface area contributed by atoms with Crippen molar-refractivity contribution in [3.63, 3.8) is 0 Å². The molecule has 0 unspecified atom stereocenters. The van der Waals surface area contributed by atoms with Gasteiger partial charge in [-0.1, -0.05) is 19.3 Å². The van der Waals surface area contributed by atoms with Crippen molar-refractivity contribution in [2.24, 2.45) is 0 Å². The number of unbranched alkanes of at least 4 members (excludes halogenated alkanes) is 4. The Kier molecular flexibility index (Phi) is 9.72. The Hall–Kier alpha value is -2.92. The van der Waals surface area contributed by atoms with Crippen LogP contribution in [0.3, 0.4) is 0 Å². The van der Waals surface area contributed by atoms with Crippen LogP contribution in [-0.4, -0.2) is 82.6 Å². The Morgan fingerprint density at radius 3 is 2.10 bits per heavy atom. The van der Waals surface area contributed by atoms with Crippen molar-refractivity contribution in [1.82, 2.24) is 14.7 Å². The zero-order valence-electron chi connectivity index (χ0n) is 22.2. The highest BCUT2D eigenvalue weighted by Gasteiger charge is 2.49. The zero-order valence-corrected chi connectivity index (χ0v) is 23.1. The molecule has 0 saturated carbocycles. The van der Waals surface area contributed by atoms with Crippen LogP contribution >= 0.6 is 12.2 Å². The van der Waals surface area contributed by atoms with Crippen molar-refractivity contribution in [1.29, 1.82) is 5.26 Å². The van der Waals surface area contributed by atoms with Crippen LogP contribution in [0, 0.1) is 11.3 Å². The van der Waals surface area contributed by atoms with E-state index in [1.54, 1.807) is 18.7 Å². The summed E-state index contributed by atoms with van der Waals surface area (Å²) < 4.78 is 78.0. The summed E-state index contributed by atoms with van der Waals surface area (Å²) in [6.07, 6.45) is -5.45. The van der Waals surface area contributed by atoms with Crippen molar-refractivity contribution < 1.29 is 35.9 Å². The molecule has 2 aliphatic rings. The van der Waals surface area contributed by atoms with Crippen molar-refractivity contribution in [3.05, 3.63) is 29.3 Å². The van der Waals surface area contributed by atoms with Gasteiger partial charge in [-0.2, -0.15) is 31.6 Å². The zero-order chi connectivity index (χ0) is 29.9. The van der Waals surface area contributed by atoms with Gasteiger partial charge in [0.2, 0.25) is 0 Å². The Morgan fingerprint density at radius 2 is 1.55 bits per heavy atom. The molecule has 2 fully saturated rings. The second kappa shape index (κ2) is 12.3. The molecule has 14 heteroatoms.